The first-order valence-corrected chi connectivity index (χ1v) is 3.85. The molecule has 1 fully saturated rings. The van der Waals surface area contributed by atoms with Crippen LogP contribution >= 0.6 is 0 Å². The van der Waals surface area contributed by atoms with Crippen LogP contribution in [0.1, 0.15) is 19.8 Å². The van der Waals surface area contributed by atoms with Gasteiger partial charge in [0.1, 0.15) is 0 Å². The van der Waals surface area contributed by atoms with Gasteiger partial charge in [-0.2, -0.15) is 0 Å². The first kappa shape index (κ1) is 7.54. The van der Waals surface area contributed by atoms with Crippen LogP contribution in [0.3, 0.4) is 0 Å². The van der Waals surface area contributed by atoms with Crippen LogP contribution in [0.2, 0.25) is 0 Å². The largest absolute Gasteiger partial charge is 0.353 e. The van der Waals surface area contributed by atoms with Gasteiger partial charge < -0.3 is 10.6 Å². The van der Waals surface area contributed by atoms with Crippen molar-refractivity contribution in [3.63, 3.8) is 0 Å². The fraction of sp³-hybridized carbons (Fsp3) is 0.857. The summed E-state index contributed by atoms with van der Waals surface area (Å²) in [6.07, 6.45) is 2.01. The minimum atomic E-state index is 0.0683. The van der Waals surface area contributed by atoms with Crippen molar-refractivity contribution in [2.45, 2.75) is 25.8 Å². The van der Waals surface area contributed by atoms with Gasteiger partial charge in [-0.3, -0.25) is 4.79 Å². The predicted octanol–water partition coefficient (Wildman–Crippen LogP) is -0.126. The molecule has 1 heterocycles. The lowest BCUT2D eigenvalue weighted by atomic mass is 10.1. The SMILES string of the molecule is CCC[C@H]1NCCNC1=O. The van der Waals surface area contributed by atoms with E-state index in [1.165, 1.54) is 0 Å². The molecule has 0 unspecified atom stereocenters. The Bertz CT molecular complexity index is 123. The normalized spacial score (nSPS) is 26.1. The average Bonchev–Trinajstić information content (AvgIpc) is 1.94. The Hall–Kier alpha value is -0.570. The Morgan fingerprint density at radius 3 is 3.00 bits per heavy atom. The average molecular weight is 142 g/mol. The minimum absolute atomic E-state index is 0.0683. The van der Waals surface area contributed by atoms with Gasteiger partial charge in [-0.1, -0.05) is 13.3 Å². The van der Waals surface area contributed by atoms with E-state index < -0.39 is 0 Å². The number of rotatable bonds is 2. The molecule has 3 heteroatoms. The summed E-state index contributed by atoms with van der Waals surface area (Å²) in [6, 6.07) is 0.0683. The van der Waals surface area contributed by atoms with Gasteiger partial charge in [0.2, 0.25) is 5.91 Å². The number of hydrogen-bond acceptors (Lipinski definition) is 2. The van der Waals surface area contributed by atoms with E-state index in [1.54, 1.807) is 0 Å². The minimum Gasteiger partial charge on any atom is -0.353 e. The molecule has 1 amide bonds. The molecule has 1 atom stereocenters. The molecule has 0 radical (unpaired) electrons. The standard InChI is InChI=1S/C7H14N2O/c1-2-3-6-7(10)9-5-4-8-6/h6,8H,2-5H2,1H3,(H,9,10)/t6-/m1/s1. The molecule has 1 aliphatic rings. The molecular formula is C7H14N2O. The smallest absolute Gasteiger partial charge is 0.237 e. The summed E-state index contributed by atoms with van der Waals surface area (Å²) in [5.41, 5.74) is 0. The molecule has 0 saturated carbocycles. The molecule has 0 spiro atoms. The Morgan fingerprint density at radius 1 is 1.60 bits per heavy atom. The lowest BCUT2D eigenvalue weighted by Gasteiger charge is -2.22. The van der Waals surface area contributed by atoms with E-state index >= 15 is 0 Å². The fourth-order valence-electron chi connectivity index (χ4n) is 1.17. The summed E-state index contributed by atoms with van der Waals surface area (Å²) in [5, 5.41) is 5.97. The summed E-state index contributed by atoms with van der Waals surface area (Å²) < 4.78 is 0. The molecule has 3 nitrogen and oxygen atoms in total. The molecule has 58 valence electrons. The van der Waals surface area contributed by atoms with Crippen molar-refractivity contribution in [1.82, 2.24) is 10.6 Å². The van der Waals surface area contributed by atoms with E-state index in [0.29, 0.717) is 0 Å². The molecule has 1 saturated heterocycles. The highest BCUT2D eigenvalue weighted by Crippen LogP contribution is 1.98. The predicted molar refractivity (Wildman–Crippen MR) is 39.7 cm³/mol. The zero-order valence-corrected chi connectivity index (χ0v) is 6.31. The van der Waals surface area contributed by atoms with Crippen molar-refractivity contribution >= 4 is 5.91 Å². The van der Waals surface area contributed by atoms with Crippen LogP contribution in [0, 0.1) is 0 Å². The zero-order valence-electron chi connectivity index (χ0n) is 6.31. The first-order chi connectivity index (χ1) is 4.84. The highest BCUT2D eigenvalue weighted by Gasteiger charge is 2.19. The van der Waals surface area contributed by atoms with E-state index in [2.05, 4.69) is 17.6 Å². The van der Waals surface area contributed by atoms with E-state index in [1.807, 2.05) is 0 Å². The van der Waals surface area contributed by atoms with E-state index in [9.17, 15) is 4.79 Å². The van der Waals surface area contributed by atoms with Crippen molar-refractivity contribution in [3.05, 3.63) is 0 Å². The number of carbonyl (C=O) groups excluding carboxylic acids is 1. The number of carbonyl (C=O) groups is 1. The Balaban J connectivity index is 2.32. The van der Waals surface area contributed by atoms with Gasteiger partial charge in [0.05, 0.1) is 6.04 Å². The molecule has 1 aliphatic heterocycles. The van der Waals surface area contributed by atoms with E-state index in [4.69, 9.17) is 0 Å². The van der Waals surface area contributed by atoms with Gasteiger partial charge in [0.25, 0.3) is 0 Å². The molecule has 0 aliphatic carbocycles. The monoisotopic (exact) mass is 142 g/mol. The van der Waals surface area contributed by atoms with Crippen molar-refractivity contribution < 1.29 is 4.79 Å². The third-order valence-electron chi connectivity index (χ3n) is 1.71. The van der Waals surface area contributed by atoms with Crippen molar-refractivity contribution in [2.75, 3.05) is 13.1 Å². The third-order valence-corrected chi connectivity index (χ3v) is 1.71. The second-order valence-corrected chi connectivity index (χ2v) is 2.59. The van der Waals surface area contributed by atoms with Crippen molar-refractivity contribution in [3.8, 4) is 0 Å². The molecule has 0 bridgehead atoms. The van der Waals surface area contributed by atoms with Gasteiger partial charge in [0.15, 0.2) is 0 Å². The molecule has 0 aromatic rings. The van der Waals surface area contributed by atoms with Gasteiger partial charge in [0, 0.05) is 13.1 Å². The quantitative estimate of drug-likeness (QED) is 0.564. The summed E-state index contributed by atoms with van der Waals surface area (Å²) >= 11 is 0. The van der Waals surface area contributed by atoms with Gasteiger partial charge in [-0.05, 0) is 6.42 Å². The number of amides is 1. The van der Waals surface area contributed by atoms with Crippen LogP contribution in [-0.4, -0.2) is 25.0 Å². The van der Waals surface area contributed by atoms with Crippen LogP contribution in [0.15, 0.2) is 0 Å². The molecular weight excluding hydrogens is 128 g/mol. The summed E-state index contributed by atoms with van der Waals surface area (Å²) in [6.45, 7) is 3.78. The maximum atomic E-state index is 11.0. The number of piperazine rings is 1. The fourth-order valence-corrected chi connectivity index (χ4v) is 1.17. The van der Waals surface area contributed by atoms with Gasteiger partial charge in [-0.25, -0.2) is 0 Å². The lowest BCUT2D eigenvalue weighted by Crippen LogP contribution is -2.52. The van der Waals surface area contributed by atoms with E-state index in [-0.39, 0.29) is 11.9 Å². The van der Waals surface area contributed by atoms with E-state index in [0.717, 1.165) is 25.9 Å². The Morgan fingerprint density at radius 2 is 2.40 bits per heavy atom. The lowest BCUT2D eigenvalue weighted by molar-refractivity contribution is -0.124. The Kier molecular flexibility index (Phi) is 2.68. The third kappa shape index (κ3) is 1.70. The van der Waals surface area contributed by atoms with Crippen molar-refractivity contribution in [1.29, 1.82) is 0 Å². The maximum Gasteiger partial charge on any atom is 0.237 e. The molecule has 10 heavy (non-hydrogen) atoms. The second kappa shape index (κ2) is 3.56. The topological polar surface area (TPSA) is 41.1 Å². The highest BCUT2D eigenvalue weighted by molar-refractivity contribution is 5.82. The van der Waals surface area contributed by atoms with Crippen LogP contribution in [0.4, 0.5) is 0 Å². The van der Waals surface area contributed by atoms with Gasteiger partial charge in [-0.15, -0.1) is 0 Å². The molecule has 0 aromatic carbocycles. The molecule has 0 aromatic heterocycles. The molecule has 2 N–H and O–H groups in total. The molecule has 1 rings (SSSR count). The summed E-state index contributed by atoms with van der Waals surface area (Å²) in [7, 11) is 0. The second-order valence-electron chi connectivity index (χ2n) is 2.59. The van der Waals surface area contributed by atoms with Crippen LogP contribution in [0.25, 0.3) is 0 Å². The van der Waals surface area contributed by atoms with Gasteiger partial charge >= 0.3 is 0 Å². The highest BCUT2D eigenvalue weighted by atomic mass is 16.2. The van der Waals surface area contributed by atoms with Crippen molar-refractivity contribution in [2.24, 2.45) is 0 Å². The summed E-state index contributed by atoms with van der Waals surface area (Å²) in [4.78, 5) is 11.0. The Labute approximate surface area is 61.2 Å². The van der Waals surface area contributed by atoms with Crippen LogP contribution in [0.5, 0.6) is 0 Å². The number of nitrogens with one attached hydrogen (secondary N) is 2. The first-order valence-electron chi connectivity index (χ1n) is 3.85. The van der Waals surface area contributed by atoms with Crippen LogP contribution < -0.4 is 10.6 Å². The summed E-state index contributed by atoms with van der Waals surface area (Å²) in [5.74, 6) is 0.160. The maximum absolute atomic E-state index is 11.0. The number of hydrogen-bond donors (Lipinski definition) is 2. The van der Waals surface area contributed by atoms with Crippen LogP contribution in [-0.2, 0) is 4.79 Å². The zero-order chi connectivity index (χ0) is 7.40.